The van der Waals surface area contributed by atoms with Gasteiger partial charge in [-0.05, 0) is 18.6 Å². The van der Waals surface area contributed by atoms with Crippen LogP contribution in [-0.2, 0) is 4.79 Å². The maximum Gasteiger partial charge on any atom is 0.228 e. The third kappa shape index (κ3) is 3.75. The molecule has 0 saturated carbocycles. The molecule has 0 radical (unpaired) electrons. The van der Waals surface area contributed by atoms with Crippen molar-refractivity contribution in [3.8, 4) is 5.75 Å². The van der Waals surface area contributed by atoms with Crippen LogP contribution >= 0.6 is 0 Å². The number of amides is 1. The highest BCUT2D eigenvalue weighted by Gasteiger charge is 2.14. The molecule has 4 heteroatoms. The van der Waals surface area contributed by atoms with Crippen LogP contribution in [0.25, 0.3) is 0 Å². The van der Waals surface area contributed by atoms with Crippen molar-refractivity contribution in [1.82, 2.24) is 0 Å². The van der Waals surface area contributed by atoms with E-state index in [0.29, 0.717) is 6.42 Å². The molecule has 94 valence electrons. The number of carbonyl (C=O) groups excluding carboxylic acids is 1. The molecule has 17 heavy (non-hydrogen) atoms. The van der Waals surface area contributed by atoms with Crippen molar-refractivity contribution >= 4 is 11.6 Å². The number of hydrogen-bond donors (Lipinski definition) is 1. The first kappa shape index (κ1) is 13.5. The van der Waals surface area contributed by atoms with Gasteiger partial charge in [-0.1, -0.05) is 13.0 Å². The van der Waals surface area contributed by atoms with E-state index in [9.17, 15) is 4.79 Å². The number of carbonyl (C=O) groups is 1. The van der Waals surface area contributed by atoms with Gasteiger partial charge in [0.15, 0.2) is 0 Å². The summed E-state index contributed by atoms with van der Waals surface area (Å²) in [4.78, 5) is 13.5. The van der Waals surface area contributed by atoms with Gasteiger partial charge in [0.25, 0.3) is 0 Å². The van der Waals surface area contributed by atoms with Crippen LogP contribution in [0.5, 0.6) is 5.75 Å². The summed E-state index contributed by atoms with van der Waals surface area (Å²) in [5, 5.41) is 0. The lowest BCUT2D eigenvalue weighted by Gasteiger charge is -2.19. The fourth-order valence-corrected chi connectivity index (χ4v) is 1.47. The lowest BCUT2D eigenvalue weighted by atomic mass is 10.1. The van der Waals surface area contributed by atoms with E-state index < -0.39 is 0 Å². The molecule has 1 aromatic carbocycles. The predicted molar refractivity (Wildman–Crippen MR) is 69.3 cm³/mol. The normalized spacial score (nSPS) is 12.0. The van der Waals surface area contributed by atoms with Crippen LogP contribution in [0.4, 0.5) is 5.69 Å². The van der Waals surface area contributed by atoms with Crippen LogP contribution < -0.4 is 15.4 Å². The third-order valence-electron chi connectivity index (χ3n) is 2.78. The van der Waals surface area contributed by atoms with Gasteiger partial charge in [-0.15, -0.1) is 0 Å². The lowest BCUT2D eigenvalue weighted by Crippen LogP contribution is -2.32. The van der Waals surface area contributed by atoms with Crippen molar-refractivity contribution < 1.29 is 9.53 Å². The molecule has 0 aliphatic rings. The van der Waals surface area contributed by atoms with Crippen LogP contribution in [0.2, 0.25) is 0 Å². The molecule has 1 aromatic rings. The molecule has 4 nitrogen and oxygen atoms in total. The number of benzene rings is 1. The average molecular weight is 236 g/mol. The van der Waals surface area contributed by atoms with E-state index >= 15 is 0 Å². The number of nitrogens with zero attached hydrogens (tertiary/aromatic N) is 1. The van der Waals surface area contributed by atoms with Crippen LogP contribution in [-0.4, -0.2) is 26.1 Å². The van der Waals surface area contributed by atoms with E-state index in [4.69, 9.17) is 10.5 Å². The maximum absolute atomic E-state index is 11.9. The SMILES string of the molecule is CCC(N)CC(=O)N(C)c1cccc(OC)c1. The second-order valence-corrected chi connectivity index (χ2v) is 4.03. The molecule has 1 atom stereocenters. The molecule has 0 saturated heterocycles. The molecule has 0 aliphatic carbocycles. The smallest absolute Gasteiger partial charge is 0.228 e. The first-order valence-electron chi connectivity index (χ1n) is 5.74. The van der Waals surface area contributed by atoms with Crippen LogP contribution in [0.15, 0.2) is 24.3 Å². The number of methoxy groups -OCH3 is 1. The van der Waals surface area contributed by atoms with Crippen molar-refractivity contribution in [2.24, 2.45) is 5.73 Å². The standard InChI is InChI=1S/C13H20N2O2/c1-4-10(14)8-13(16)15(2)11-6-5-7-12(9-11)17-3/h5-7,9-10H,4,8,14H2,1-3H3. The molecule has 1 amide bonds. The van der Waals surface area contributed by atoms with E-state index in [-0.39, 0.29) is 11.9 Å². The minimum atomic E-state index is -0.0736. The molecular weight excluding hydrogens is 216 g/mol. The Morgan fingerprint density at radius 3 is 2.82 bits per heavy atom. The van der Waals surface area contributed by atoms with E-state index in [0.717, 1.165) is 17.9 Å². The molecular formula is C13H20N2O2. The monoisotopic (exact) mass is 236 g/mol. The summed E-state index contributed by atoms with van der Waals surface area (Å²) in [6.45, 7) is 1.98. The molecule has 0 bridgehead atoms. The zero-order valence-electron chi connectivity index (χ0n) is 10.6. The molecule has 2 N–H and O–H groups in total. The molecule has 0 heterocycles. The average Bonchev–Trinajstić information content (AvgIpc) is 2.37. The quantitative estimate of drug-likeness (QED) is 0.848. The van der Waals surface area contributed by atoms with Crippen molar-refractivity contribution in [1.29, 1.82) is 0 Å². The van der Waals surface area contributed by atoms with Crippen LogP contribution in [0.3, 0.4) is 0 Å². The van der Waals surface area contributed by atoms with Crippen molar-refractivity contribution in [2.45, 2.75) is 25.8 Å². The summed E-state index contributed by atoms with van der Waals surface area (Å²) >= 11 is 0. The van der Waals surface area contributed by atoms with Crippen molar-refractivity contribution in [3.63, 3.8) is 0 Å². The summed E-state index contributed by atoms with van der Waals surface area (Å²) < 4.78 is 5.12. The number of hydrogen-bond acceptors (Lipinski definition) is 3. The fraction of sp³-hybridized carbons (Fsp3) is 0.462. The Bertz CT molecular complexity index is 379. The Morgan fingerprint density at radius 1 is 1.53 bits per heavy atom. The Balaban J connectivity index is 2.74. The van der Waals surface area contributed by atoms with Crippen molar-refractivity contribution in [3.05, 3.63) is 24.3 Å². The van der Waals surface area contributed by atoms with Gasteiger partial charge in [-0.3, -0.25) is 4.79 Å². The topological polar surface area (TPSA) is 55.6 Å². The summed E-state index contributed by atoms with van der Waals surface area (Å²) in [6.07, 6.45) is 1.17. The third-order valence-corrected chi connectivity index (χ3v) is 2.78. The predicted octanol–water partition coefficient (Wildman–Crippen LogP) is 1.79. The zero-order valence-corrected chi connectivity index (χ0v) is 10.6. The Hall–Kier alpha value is -1.55. The molecule has 1 rings (SSSR count). The highest BCUT2D eigenvalue weighted by atomic mass is 16.5. The Labute approximate surface area is 102 Å². The summed E-state index contributed by atoms with van der Waals surface area (Å²) in [6, 6.07) is 7.33. The van der Waals surface area contributed by atoms with E-state index in [1.54, 1.807) is 19.1 Å². The van der Waals surface area contributed by atoms with Gasteiger partial charge in [-0.2, -0.15) is 0 Å². The molecule has 0 aromatic heterocycles. The minimum absolute atomic E-state index is 0.0209. The van der Waals surface area contributed by atoms with E-state index in [1.165, 1.54) is 0 Å². The second-order valence-electron chi connectivity index (χ2n) is 4.03. The minimum Gasteiger partial charge on any atom is -0.497 e. The van der Waals surface area contributed by atoms with Gasteiger partial charge in [0.2, 0.25) is 5.91 Å². The van der Waals surface area contributed by atoms with Gasteiger partial charge in [0.05, 0.1) is 7.11 Å². The largest absolute Gasteiger partial charge is 0.497 e. The first-order valence-corrected chi connectivity index (χ1v) is 5.74. The molecule has 1 unspecified atom stereocenters. The van der Waals surface area contributed by atoms with E-state index in [1.807, 2.05) is 31.2 Å². The van der Waals surface area contributed by atoms with Gasteiger partial charge >= 0.3 is 0 Å². The number of ether oxygens (including phenoxy) is 1. The number of nitrogens with two attached hydrogens (primary N) is 1. The first-order chi connectivity index (χ1) is 8.08. The maximum atomic E-state index is 11.9. The molecule has 0 fully saturated rings. The summed E-state index contributed by atoms with van der Waals surface area (Å²) in [5.41, 5.74) is 6.59. The number of anilines is 1. The highest BCUT2D eigenvalue weighted by molar-refractivity contribution is 5.93. The van der Waals surface area contributed by atoms with Crippen LogP contribution in [0, 0.1) is 0 Å². The van der Waals surface area contributed by atoms with Crippen molar-refractivity contribution in [2.75, 3.05) is 19.1 Å². The fourth-order valence-electron chi connectivity index (χ4n) is 1.47. The van der Waals surface area contributed by atoms with E-state index in [2.05, 4.69) is 0 Å². The van der Waals surface area contributed by atoms with Gasteiger partial charge in [0.1, 0.15) is 5.75 Å². The van der Waals surface area contributed by atoms with Crippen LogP contribution in [0.1, 0.15) is 19.8 Å². The highest BCUT2D eigenvalue weighted by Crippen LogP contribution is 2.20. The molecule has 0 aliphatic heterocycles. The summed E-state index contributed by atoms with van der Waals surface area (Å²) in [5.74, 6) is 0.759. The second kappa shape index (κ2) is 6.25. The molecule has 0 spiro atoms. The summed E-state index contributed by atoms with van der Waals surface area (Å²) in [7, 11) is 3.35. The van der Waals surface area contributed by atoms with Gasteiger partial charge in [-0.25, -0.2) is 0 Å². The van der Waals surface area contributed by atoms with Gasteiger partial charge in [0, 0.05) is 31.3 Å². The van der Waals surface area contributed by atoms with Gasteiger partial charge < -0.3 is 15.4 Å². The Morgan fingerprint density at radius 2 is 2.24 bits per heavy atom. The zero-order chi connectivity index (χ0) is 12.8. The lowest BCUT2D eigenvalue weighted by molar-refractivity contribution is -0.118. The Kier molecular flexibility index (Phi) is 4.97. The number of rotatable bonds is 5.